The van der Waals surface area contributed by atoms with E-state index in [1.807, 2.05) is 19.1 Å². The average molecular weight is 304 g/mol. The number of sulfonamides is 1. The van der Waals surface area contributed by atoms with E-state index >= 15 is 0 Å². The molecule has 1 unspecified atom stereocenters. The van der Waals surface area contributed by atoms with Crippen molar-refractivity contribution in [3.05, 3.63) is 59.9 Å². The van der Waals surface area contributed by atoms with E-state index in [1.54, 1.807) is 36.7 Å². The summed E-state index contributed by atoms with van der Waals surface area (Å²) in [7, 11) is -3.52. The SMILES string of the molecule is CC(C)c1ccc(S(=O)(=O)NC(C)c2ccncc2)cc1. The lowest BCUT2D eigenvalue weighted by Gasteiger charge is -2.15. The van der Waals surface area contributed by atoms with Crippen LogP contribution < -0.4 is 4.72 Å². The van der Waals surface area contributed by atoms with E-state index in [9.17, 15) is 8.42 Å². The second-order valence-corrected chi connectivity index (χ2v) is 7.06. The van der Waals surface area contributed by atoms with Crippen LogP contribution in [0.3, 0.4) is 0 Å². The highest BCUT2D eigenvalue weighted by Crippen LogP contribution is 2.19. The molecule has 21 heavy (non-hydrogen) atoms. The van der Waals surface area contributed by atoms with E-state index < -0.39 is 10.0 Å². The molecule has 0 spiro atoms. The van der Waals surface area contributed by atoms with Crippen LogP contribution >= 0.6 is 0 Å². The van der Waals surface area contributed by atoms with Crippen molar-refractivity contribution >= 4 is 10.0 Å². The van der Waals surface area contributed by atoms with Crippen molar-refractivity contribution in [2.75, 3.05) is 0 Å². The summed E-state index contributed by atoms with van der Waals surface area (Å²) >= 11 is 0. The summed E-state index contributed by atoms with van der Waals surface area (Å²) in [4.78, 5) is 4.22. The van der Waals surface area contributed by atoms with Gasteiger partial charge in [-0.15, -0.1) is 0 Å². The van der Waals surface area contributed by atoms with Gasteiger partial charge in [-0.3, -0.25) is 4.98 Å². The zero-order valence-corrected chi connectivity index (χ0v) is 13.3. The third kappa shape index (κ3) is 3.89. The Balaban J connectivity index is 2.18. The summed E-state index contributed by atoms with van der Waals surface area (Å²) in [5.74, 6) is 0.380. The molecule has 1 N–H and O–H groups in total. The van der Waals surface area contributed by atoms with Gasteiger partial charge in [0.05, 0.1) is 4.90 Å². The minimum atomic E-state index is -3.52. The highest BCUT2D eigenvalue weighted by atomic mass is 32.2. The predicted molar refractivity (Wildman–Crippen MR) is 83.5 cm³/mol. The van der Waals surface area contributed by atoms with E-state index in [-0.39, 0.29) is 10.9 Å². The van der Waals surface area contributed by atoms with Crippen LogP contribution in [-0.2, 0) is 10.0 Å². The minimum Gasteiger partial charge on any atom is -0.265 e. The van der Waals surface area contributed by atoms with Gasteiger partial charge < -0.3 is 0 Å². The third-order valence-corrected chi connectivity index (χ3v) is 4.95. The van der Waals surface area contributed by atoms with Crippen molar-refractivity contribution in [2.24, 2.45) is 0 Å². The van der Waals surface area contributed by atoms with E-state index in [2.05, 4.69) is 23.6 Å². The second kappa shape index (κ2) is 6.37. The number of aromatic nitrogens is 1. The van der Waals surface area contributed by atoms with E-state index in [1.165, 1.54) is 0 Å². The van der Waals surface area contributed by atoms with Gasteiger partial charge in [0.25, 0.3) is 0 Å². The molecule has 0 bridgehead atoms. The number of hydrogen-bond donors (Lipinski definition) is 1. The lowest BCUT2D eigenvalue weighted by molar-refractivity contribution is 0.566. The van der Waals surface area contributed by atoms with Gasteiger partial charge >= 0.3 is 0 Å². The molecule has 0 aliphatic carbocycles. The molecule has 112 valence electrons. The molecule has 2 aromatic rings. The van der Waals surface area contributed by atoms with Crippen LogP contribution in [0, 0.1) is 0 Å². The lowest BCUT2D eigenvalue weighted by Crippen LogP contribution is -2.26. The van der Waals surface area contributed by atoms with Crippen LogP contribution in [0.4, 0.5) is 0 Å². The molecule has 1 aromatic heterocycles. The van der Waals surface area contributed by atoms with Crippen LogP contribution in [-0.4, -0.2) is 13.4 Å². The number of pyridine rings is 1. The summed E-state index contributed by atoms with van der Waals surface area (Å²) in [5.41, 5.74) is 2.00. The Labute approximate surface area is 126 Å². The smallest absolute Gasteiger partial charge is 0.241 e. The summed E-state index contributed by atoms with van der Waals surface area (Å²) in [5, 5.41) is 0. The third-order valence-electron chi connectivity index (χ3n) is 3.40. The molecule has 0 radical (unpaired) electrons. The highest BCUT2D eigenvalue weighted by Gasteiger charge is 2.18. The summed E-state index contributed by atoms with van der Waals surface area (Å²) in [6.07, 6.45) is 3.30. The summed E-state index contributed by atoms with van der Waals surface area (Å²) in [6.45, 7) is 5.97. The van der Waals surface area contributed by atoms with Crippen molar-refractivity contribution in [1.82, 2.24) is 9.71 Å². The van der Waals surface area contributed by atoms with Gasteiger partial charge in [0.2, 0.25) is 10.0 Å². The van der Waals surface area contributed by atoms with Crippen molar-refractivity contribution in [3.63, 3.8) is 0 Å². The zero-order valence-electron chi connectivity index (χ0n) is 12.4. The maximum absolute atomic E-state index is 12.4. The molecule has 0 fully saturated rings. The molecule has 2 rings (SSSR count). The Morgan fingerprint density at radius 1 is 0.905 bits per heavy atom. The molecule has 1 aromatic carbocycles. The van der Waals surface area contributed by atoms with E-state index in [4.69, 9.17) is 0 Å². The fourth-order valence-electron chi connectivity index (χ4n) is 2.05. The van der Waals surface area contributed by atoms with Crippen LogP contribution in [0.1, 0.15) is 43.9 Å². The second-order valence-electron chi connectivity index (χ2n) is 5.35. The first kappa shape index (κ1) is 15.7. The number of benzene rings is 1. The first-order chi connectivity index (χ1) is 9.90. The Morgan fingerprint density at radius 3 is 2.00 bits per heavy atom. The normalized spacial score (nSPS) is 13.3. The van der Waals surface area contributed by atoms with E-state index in [0.29, 0.717) is 5.92 Å². The molecular formula is C16H20N2O2S. The number of nitrogens with zero attached hydrogens (tertiary/aromatic N) is 1. The average Bonchev–Trinajstić information content (AvgIpc) is 2.48. The van der Waals surface area contributed by atoms with Crippen LogP contribution in [0.2, 0.25) is 0 Å². The summed E-state index contributed by atoms with van der Waals surface area (Å²) < 4.78 is 27.4. The fourth-order valence-corrected chi connectivity index (χ4v) is 3.28. The van der Waals surface area contributed by atoms with Gasteiger partial charge in [-0.2, -0.15) is 0 Å². The first-order valence-electron chi connectivity index (χ1n) is 6.92. The molecule has 0 saturated carbocycles. The van der Waals surface area contributed by atoms with Gasteiger partial charge in [-0.05, 0) is 48.2 Å². The molecule has 0 amide bonds. The first-order valence-corrected chi connectivity index (χ1v) is 8.40. The van der Waals surface area contributed by atoms with E-state index in [0.717, 1.165) is 11.1 Å². The monoisotopic (exact) mass is 304 g/mol. The number of rotatable bonds is 5. The van der Waals surface area contributed by atoms with Crippen LogP contribution in [0.15, 0.2) is 53.7 Å². The van der Waals surface area contributed by atoms with Gasteiger partial charge in [-0.25, -0.2) is 13.1 Å². The number of hydrogen-bond acceptors (Lipinski definition) is 3. The maximum atomic E-state index is 12.4. The van der Waals surface area contributed by atoms with Crippen molar-refractivity contribution in [1.29, 1.82) is 0 Å². The summed E-state index contributed by atoms with van der Waals surface area (Å²) in [6, 6.07) is 10.3. The molecule has 1 heterocycles. The van der Waals surface area contributed by atoms with Crippen molar-refractivity contribution in [3.8, 4) is 0 Å². The Hall–Kier alpha value is -1.72. The Kier molecular flexibility index (Phi) is 4.75. The Morgan fingerprint density at radius 2 is 1.48 bits per heavy atom. The molecule has 0 aliphatic rings. The molecular weight excluding hydrogens is 284 g/mol. The molecule has 5 heteroatoms. The fraction of sp³-hybridized carbons (Fsp3) is 0.312. The van der Waals surface area contributed by atoms with Gasteiger partial charge in [0.15, 0.2) is 0 Å². The topological polar surface area (TPSA) is 59.1 Å². The Bertz CT molecular complexity index is 680. The minimum absolute atomic E-state index is 0.285. The van der Waals surface area contributed by atoms with Crippen molar-refractivity contribution < 1.29 is 8.42 Å². The largest absolute Gasteiger partial charge is 0.265 e. The molecule has 1 atom stereocenters. The van der Waals surface area contributed by atoms with Gasteiger partial charge in [-0.1, -0.05) is 26.0 Å². The van der Waals surface area contributed by atoms with Gasteiger partial charge in [0, 0.05) is 18.4 Å². The molecule has 0 aliphatic heterocycles. The highest BCUT2D eigenvalue weighted by molar-refractivity contribution is 7.89. The predicted octanol–water partition coefficient (Wildman–Crippen LogP) is 3.24. The zero-order chi connectivity index (χ0) is 15.5. The maximum Gasteiger partial charge on any atom is 0.241 e. The quantitative estimate of drug-likeness (QED) is 0.922. The molecule has 0 saturated heterocycles. The van der Waals surface area contributed by atoms with Crippen LogP contribution in [0.5, 0.6) is 0 Å². The number of nitrogens with one attached hydrogen (secondary N) is 1. The lowest BCUT2D eigenvalue weighted by atomic mass is 10.0. The van der Waals surface area contributed by atoms with Crippen molar-refractivity contribution in [2.45, 2.75) is 37.6 Å². The van der Waals surface area contributed by atoms with Gasteiger partial charge in [0.1, 0.15) is 0 Å². The molecule has 4 nitrogen and oxygen atoms in total. The van der Waals surface area contributed by atoms with Crippen LogP contribution in [0.25, 0.3) is 0 Å². The standard InChI is InChI=1S/C16H20N2O2S/c1-12(2)14-4-6-16(7-5-14)21(19,20)18-13(3)15-8-10-17-11-9-15/h4-13,18H,1-3H3.